The number of amides is 1. The lowest BCUT2D eigenvalue weighted by Crippen LogP contribution is -2.10. The van der Waals surface area contributed by atoms with E-state index in [1.165, 1.54) is 12.5 Å². The molecule has 2 rings (SSSR count). The summed E-state index contributed by atoms with van der Waals surface area (Å²) in [5.41, 5.74) is 0.350. The van der Waals surface area contributed by atoms with Gasteiger partial charge in [-0.3, -0.25) is 4.79 Å². The number of nitrogens with zero attached hydrogens (tertiary/aromatic N) is 2. The molecule has 1 atom stereocenters. The molecule has 0 aliphatic carbocycles. The minimum atomic E-state index is -3.05. The molecule has 0 radical (unpaired) electrons. The monoisotopic (exact) mass is 201 g/mol. The van der Waals surface area contributed by atoms with Gasteiger partial charge in [0.25, 0.3) is 0 Å². The van der Waals surface area contributed by atoms with Crippen LogP contribution in [0.15, 0.2) is 17.6 Å². The van der Waals surface area contributed by atoms with Crippen LogP contribution in [0.4, 0.5) is 10.5 Å². The van der Waals surface area contributed by atoms with Gasteiger partial charge in [0.1, 0.15) is 6.33 Å². The fourth-order valence-corrected chi connectivity index (χ4v) is 2.41. The molecule has 62 valence electrons. The summed E-state index contributed by atoms with van der Waals surface area (Å²) in [5, 5.41) is 1.79. The molecule has 1 aromatic rings. The molecule has 7 heteroatoms. The summed E-state index contributed by atoms with van der Waals surface area (Å²) in [6, 6.07) is 0. The predicted octanol–water partition coefficient (Wildman–Crippen LogP) is 0.127. The van der Waals surface area contributed by atoms with E-state index >= 15 is 0 Å². The molecule has 1 N–H and O–H groups in total. The first-order valence-electron chi connectivity index (χ1n) is 2.98. The number of carbonyl (C=O) groups excluding carboxylic acids is 1. The Morgan fingerprint density at radius 1 is 1.58 bits per heavy atom. The Labute approximate surface area is 72.9 Å². The van der Waals surface area contributed by atoms with Crippen LogP contribution in [0.2, 0.25) is 0 Å². The van der Waals surface area contributed by atoms with Crippen LogP contribution >= 0.6 is 0 Å². The number of anilines is 1. The Morgan fingerprint density at radius 3 is 3.00 bits per heavy atom. The molecule has 0 bridgehead atoms. The number of rotatable bonds is 0. The van der Waals surface area contributed by atoms with Crippen molar-refractivity contribution in [1.29, 1.82) is 0 Å². The van der Waals surface area contributed by atoms with Crippen LogP contribution in [0.3, 0.4) is 0 Å². The zero-order valence-electron chi connectivity index (χ0n) is 5.68. The number of nitrogens with one attached hydrogen (secondary N) is 1. The van der Waals surface area contributed by atoms with Gasteiger partial charge in [-0.1, -0.05) is 0 Å². The van der Waals surface area contributed by atoms with E-state index in [1.807, 2.05) is 0 Å². The van der Waals surface area contributed by atoms with Gasteiger partial charge in [0.05, 0.1) is 11.9 Å². The van der Waals surface area contributed by atoms with Gasteiger partial charge in [-0.05, 0) is 11.2 Å². The molecule has 0 saturated heterocycles. The van der Waals surface area contributed by atoms with Crippen LogP contribution < -0.4 is 5.32 Å². The molecule has 1 unspecified atom stereocenters. The van der Waals surface area contributed by atoms with Crippen molar-refractivity contribution < 1.29 is 9.00 Å². The summed E-state index contributed by atoms with van der Waals surface area (Å²) in [6.07, 6.45) is 2.59. The van der Waals surface area contributed by atoms with E-state index in [0.717, 1.165) is 0 Å². The molecule has 2 heterocycles. The predicted molar refractivity (Wildman–Crippen MR) is 44.8 cm³/mol. The lowest BCUT2D eigenvalue weighted by molar-refractivity contribution is 0.269. The van der Waals surface area contributed by atoms with Crippen molar-refractivity contribution in [2.45, 2.75) is 5.03 Å². The number of carbonyl (C=O) groups is 1. The Morgan fingerprint density at radius 2 is 2.33 bits per heavy atom. The molecule has 5 nitrogen and oxygen atoms in total. The van der Waals surface area contributed by atoms with Crippen molar-refractivity contribution in [1.82, 2.24) is 9.97 Å². The Hall–Kier alpha value is -1.08. The number of hydrogen-bond acceptors (Lipinski definition) is 5. The van der Waals surface area contributed by atoms with Gasteiger partial charge in [0, 0.05) is 0 Å². The van der Waals surface area contributed by atoms with Crippen LogP contribution in [0.25, 0.3) is 0 Å². The minimum Gasteiger partial charge on any atom is -0.310 e. The highest BCUT2D eigenvalue weighted by molar-refractivity contribution is 8.41. The van der Waals surface area contributed by atoms with Crippen LogP contribution in [-0.4, -0.2) is 19.4 Å². The largest absolute Gasteiger partial charge is 0.321 e. The minimum absolute atomic E-state index is 0.123. The zero-order chi connectivity index (χ0) is 8.77. The molecule has 1 aliphatic heterocycles. The highest BCUT2D eigenvalue weighted by Gasteiger charge is 2.32. The average molecular weight is 201 g/mol. The van der Waals surface area contributed by atoms with Crippen molar-refractivity contribution in [3.05, 3.63) is 12.5 Å². The third-order valence-corrected chi connectivity index (χ3v) is 3.76. The van der Waals surface area contributed by atoms with E-state index in [0.29, 0.717) is 5.69 Å². The third-order valence-electron chi connectivity index (χ3n) is 1.41. The van der Waals surface area contributed by atoms with E-state index in [2.05, 4.69) is 26.5 Å². The van der Waals surface area contributed by atoms with Crippen molar-refractivity contribution >= 4 is 30.6 Å². The van der Waals surface area contributed by atoms with Crippen LogP contribution in [0, 0.1) is 0 Å². The lowest BCUT2D eigenvalue weighted by Gasteiger charge is -1.91. The Bertz CT molecular complexity index is 454. The molecular weight excluding hydrogens is 198 g/mol. The quantitative estimate of drug-likeness (QED) is 0.604. The summed E-state index contributed by atoms with van der Waals surface area (Å²) in [4.78, 5) is 18.3. The zero-order valence-corrected chi connectivity index (χ0v) is 7.32. The number of aromatic nitrogens is 2. The van der Waals surface area contributed by atoms with Crippen LogP contribution in [-0.2, 0) is 19.7 Å². The summed E-state index contributed by atoms with van der Waals surface area (Å²) < 4.78 is 11.5. The fraction of sp³-hybridized carbons (Fsp3) is 0. The summed E-state index contributed by atoms with van der Waals surface area (Å²) >= 11 is 4.61. The first kappa shape index (κ1) is 7.56. The van der Waals surface area contributed by atoms with Gasteiger partial charge < -0.3 is 5.32 Å². The van der Waals surface area contributed by atoms with Crippen molar-refractivity contribution in [3.63, 3.8) is 0 Å². The topological polar surface area (TPSA) is 72.0 Å². The summed E-state index contributed by atoms with van der Waals surface area (Å²) in [7, 11) is -3.05. The van der Waals surface area contributed by atoms with Gasteiger partial charge in [0.15, 0.2) is 13.5 Å². The molecule has 0 spiro atoms. The normalized spacial score (nSPS) is 26.5. The second-order valence-electron chi connectivity index (χ2n) is 2.16. The molecule has 1 aliphatic rings. The molecule has 0 aromatic carbocycles. The molecule has 1 amide bonds. The number of hydrogen-bond donors (Lipinski definition) is 1. The van der Waals surface area contributed by atoms with Crippen LogP contribution in [0.1, 0.15) is 0 Å². The Balaban J connectivity index is 2.80. The van der Waals surface area contributed by atoms with Gasteiger partial charge in [0.2, 0.25) is 0 Å². The van der Waals surface area contributed by atoms with Crippen LogP contribution in [0.5, 0.6) is 0 Å². The van der Waals surface area contributed by atoms with Crippen molar-refractivity contribution in [2.75, 3.05) is 5.32 Å². The second-order valence-corrected chi connectivity index (χ2v) is 5.33. The first-order valence-corrected chi connectivity index (χ1v) is 5.47. The van der Waals surface area contributed by atoms with E-state index < -0.39 is 13.7 Å². The average Bonchev–Trinajstić information content (AvgIpc) is 2.25. The maximum atomic E-state index is 11.5. The lowest BCUT2D eigenvalue weighted by atomic mass is 10.5. The maximum Gasteiger partial charge on any atom is 0.321 e. The van der Waals surface area contributed by atoms with Gasteiger partial charge >= 0.3 is 5.24 Å². The van der Waals surface area contributed by atoms with Crippen molar-refractivity contribution in [2.24, 2.45) is 0 Å². The summed E-state index contributed by atoms with van der Waals surface area (Å²) in [6.45, 7) is 0. The van der Waals surface area contributed by atoms with E-state index in [-0.39, 0.29) is 5.03 Å². The van der Waals surface area contributed by atoms with E-state index in [9.17, 15) is 9.00 Å². The van der Waals surface area contributed by atoms with E-state index in [4.69, 9.17) is 0 Å². The summed E-state index contributed by atoms with van der Waals surface area (Å²) in [5.74, 6) is 0. The number of fused-ring (bicyclic) bond motifs is 1. The standard InChI is InChI=1S/C5H3N3O2S2/c9-5-8-3-1-6-2-7-4(3)12(5,10)11/h1-2H,(H,8,9). The smallest absolute Gasteiger partial charge is 0.310 e. The third kappa shape index (κ3) is 0.833. The molecule has 12 heavy (non-hydrogen) atoms. The molecule has 0 saturated carbocycles. The van der Waals surface area contributed by atoms with Gasteiger partial charge in [-0.25, -0.2) is 14.2 Å². The van der Waals surface area contributed by atoms with Crippen molar-refractivity contribution in [3.8, 4) is 0 Å². The Kier molecular flexibility index (Phi) is 1.39. The fourth-order valence-electron chi connectivity index (χ4n) is 0.883. The van der Waals surface area contributed by atoms with Gasteiger partial charge in [-0.15, -0.1) is 0 Å². The SMILES string of the molecule is O=C1Nc2cncnc2S1(=O)=S. The van der Waals surface area contributed by atoms with E-state index in [1.54, 1.807) is 0 Å². The molecule has 1 aromatic heterocycles. The maximum absolute atomic E-state index is 11.5. The molecular formula is C5H3N3O2S2. The highest BCUT2D eigenvalue weighted by Crippen LogP contribution is 2.26. The molecule has 0 fully saturated rings. The van der Waals surface area contributed by atoms with Gasteiger partial charge in [-0.2, -0.15) is 0 Å². The first-order chi connectivity index (χ1) is 5.62. The second kappa shape index (κ2) is 2.20. The highest BCUT2D eigenvalue weighted by atomic mass is 32.8.